The van der Waals surface area contributed by atoms with Crippen LogP contribution in [0, 0.1) is 23.7 Å². The fourth-order valence-electron chi connectivity index (χ4n) is 3.42. The Kier molecular flexibility index (Phi) is 1.38. The fraction of sp³-hybridized carbons (Fsp3) is 0.727. The normalized spacial score (nSPS) is 50.1. The molecule has 3 aliphatic rings. The van der Waals surface area contributed by atoms with E-state index in [0.29, 0.717) is 11.8 Å². The average molecular weight is 178 g/mol. The molecule has 0 unspecified atom stereocenters. The topological polar surface area (TPSA) is 26.3 Å². The van der Waals surface area contributed by atoms with Crippen LogP contribution in [-0.2, 0) is 9.53 Å². The Morgan fingerprint density at radius 3 is 2.77 bits per heavy atom. The van der Waals surface area contributed by atoms with Gasteiger partial charge in [0.25, 0.3) is 0 Å². The van der Waals surface area contributed by atoms with Gasteiger partial charge in [0.1, 0.15) is 6.10 Å². The monoisotopic (exact) mass is 178 g/mol. The third kappa shape index (κ3) is 0.917. The van der Waals surface area contributed by atoms with Crippen molar-refractivity contribution in [2.45, 2.75) is 25.9 Å². The van der Waals surface area contributed by atoms with Crippen LogP contribution in [0.1, 0.15) is 19.8 Å². The molecule has 0 aromatic rings. The molecule has 0 aromatic carbocycles. The third-order valence-electron chi connectivity index (χ3n) is 3.94. The van der Waals surface area contributed by atoms with Gasteiger partial charge in [-0.3, -0.25) is 4.79 Å². The molecule has 0 spiro atoms. The maximum absolute atomic E-state index is 10.8. The molecule has 3 rings (SSSR count). The molecule has 2 heteroatoms. The summed E-state index contributed by atoms with van der Waals surface area (Å²) in [6.07, 6.45) is 7.34. The molecular formula is C11H14O2. The molecule has 3 aliphatic carbocycles. The van der Waals surface area contributed by atoms with E-state index < -0.39 is 0 Å². The van der Waals surface area contributed by atoms with Crippen molar-refractivity contribution in [1.82, 2.24) is 0 Å². The van der Waals surface area contributed by atoms with Gasteiger partial charge >= 0.3 is 5.97 Å². The van der Waals surface area contributed by atoms with Gasteiger partial charge in [-0.2, -0.15) is 0 Å². The summed E-state index contributed by atoms with van der Waals surface area (Å²) in [7, 11) is 0. The SMILES string of the molecule is CC(=O)O[C@@H]1C[C@H]2[C@@H]1[C@H]1C=C[C@@H]2C1. The van der Waals surface area contributed by atoms with Crippen molar-refractivity contribution in [3.8, 4) is 0 Å². The molecule has 0 N–H and O–H groups in total. The minimum atomic E-state index is -0.116. The Labute approximate surface area is 78.0 Å². The van der Waals surface area contributed by atoms with Gasteiger partial charge in [-0.05, 0) is 30.6 Å². The lowest BCUT2D eigenvalue weighted by molar-refractivity contribution is -0.161. The number of esters is 1. The fourth-order valence-corrected chi connectivity index (χ4v) is 3.42. The van der Waals surface area contributed by atoms with Crippen LogP contribution in [0.2, 0.25) is 0 Å². The van der Waals surface area contributed by atoms with Crippen LogP contribution < -0.4 is 0 Å². The van der Waals surface area contributed by atoms with Gasteiger partial charge in [-0.25, -0.2) is 0 Å². The molecule has 2 saturated carbocycles. The number of hydrogen-bond acceptors (Lipinski definition) is 2. The average Bonchev–Trinajstić information content (AvgIpc) is 2.54. The molecule has 2 bridgehead atoms. The van der Waals surface area contributed by atoms with Crippen LogP contribution in [-0.4, -0.2) is 12.1 Å². The Bertz CT molecular complexity index is 282. The summed E-state index contributed by atoms with van der Waals surface area (Å²) in [5.41, 5.74) is 0. The van der Waals surface area contributed by atoms with E-state index in [-0.39, 0.29) is 12.1 Å². The highest BCUT2D eigenvalue weighted by Gasteiger charge is 2.56. The number of carbonyl (C=O) groups is 1. The van der Waals surface area contributed by atoms with Crippen LogP contribution in [0.5, 0.6) is 0 Å². The van der Waals surface area contributed by atoms with E-state index in [9.17, 15) is 4.79 Å². The van der Waals surface area contributed by atoms with Gasteiger partial charge in [-0.15, -0.1) is 0 Å². The summed E-state index contributed by atoms with van der Waals surface area (Å²) >= 11 is 0. The minimum absolute atomic E-state index is 0.116. The van der Waals surface area contributed by atoms with E-state index in [1.165, 1.54) is 13.3 Å². The summed E-state index contributed by atoms with van der Waals surface area (Å²) in [5, 5.41) is 0. The van der Waals surface area contributed by atoms with E-state index in [2.05, 4.69) is 12.2 Å². The number of ether oxygens (including phenoxy) is 1. The highest BCUT2D eigenvalue weighted by Crippen LogP contribution is 2.58. The van der Waals surface area contributed by atoms with Gasteiger partial charge in [-0.1, -0.05) is 12.2 Å². The molecule has 70 valence electrons. The lowest BCUT2D eigenvalue weighted by Gasteiger charge is -2.44. The van der Waals surface area contributed by atoms with Crippen LogP contribution in [0.25, 0.3) is 0 Å². The van der Waals surface area contributed by atoms with Crippen LogP contribution in [0.3, 0.4) is 0 Å². The summed E-state index contributed by atoms with van der Waals surface area (Å²) in [6, 6.07) is 0. The Morgan fingerprint density at radius 2 is 2.08 bits per heavy atom. The number of allylic oxidation sites excluding steroid dienone is 2. The molecule has 0 aliphatic heterocycles. The molecule has 2 nitrogen and oxygen atoms in total. The van der Waals surface area contributed by atoms with Crippen molar-refractivity contribution >= 4 is 5.97 Å². The van der Waals surface area contributed by atoms with Crippen LogP contribution >= 0.6 is 0 Å². The van der Waals surface area contributed by atoms with Crippen molar-refractivity contribution in [2.24, 2.45) is 23.7 Å². The maximum Gasteiger partial charge on any atom is 0.302 e. The van der Waals surface area contributed by atoms with E-state index in [1.807, 2.05) is 0 Å². The predicted octanol–water partition coefficient (Wildman–Crippen LogP) is 1.76. The maximum atomic E-state index is 10.8. The molecular weight excluding hydrogens is 164 g/mol. The zero-order valence-electron chi connectivity index (χ0n) is 7.77. The molecule has 0 radical (unpaired) electrons. The van der Waals surface area contributed by atoms with E-state index in [1.54, 1.807) is 0 Å². The van der Waals surface area contributed by atoms with Gasteiger partial charge in [0.05, 0.1) is 0 Å². The Hall–Kier alpha value is -0.790. The second kappa shape index (κ2) is 2.37. The molecule has 0 saturated heterocycles. The lowest BCUT2D eigenvalue weighted by Crippen LogP contribution is -2.46. The van der Waals surface area contributed by atoms with E-state index >= 15 is 0 Å². The minimum Gasteiger partial charge on any atom is -0.462 e. The molecule has 0 heterocycles. The van der Waals surface area contributed by atoms with Gasteiger partial charge in [0.2, 0.25) is 0 Å². The van der Waals surface area contributed by atoms with Crippen LogP contribution in [0.15, 0.2) is 12.2 Å². The Morgan fingerprint density at radius 1 is 1.31 bits per heavy atom. The Balaban J connectivity index is 1.73. The first-order valence-electron chi connectivity index (χ1n) is 5.11. The van der Waals surface area contributed by atoms with E-state index in [0.717, 1.165) is 18.3 Å². The van der Waals surface area contributed by atoms with Crippen molar-refractivity contribution in [3.05, 3.63) is 12.2 Å². The summed E-state index contributed by atoms with van der Waals surface area (Å²) < 4.78 is 5.28. The smallest absolute Gasteiger partial charge is 0.302 e. The molecule has 13 heavy (non-hydrogen) atoms. The van der Waals surface area contributed by atoms with Gasteiger partial charge in [0.15, 0.2) is 0 Å². The van der Waals surface area contributed by atoms with Crippen molar-refractivity contribution < 1.29 is 9.53 Å². The molecule has 0 amide bonds. The third-order valence-corrected chi connectivity index (χ3v) is 3.94. The zero-order chi connectivity index (χ0) is 9.00. The first kappa shape index (κ1) is 7.60. The molecule has 2 fully saturated rings. The summed E-state index contributed by atoms with van der Waals surface area (Å²) in [4.78, 5) is 10.8. The number of hydrogen-bond donors (Lipinski definition) is 0. The molecule has 0 aromatic heterocycles. The highest BCUT2D eigenvalue weighted by molar-refractivity contribution is 5.66. The zero-order valence-corrected chi connectivity index (χ0v) is 7.77. The van der Waals surface area contributed by atoms with Crippen LogP contribution in [0.4, 0.5) is 0 Å². The quantitative estimate of drug-likeness (QED) is 0.452. The van der Waals surface area contributed by atoms with E-state index in [4.69, 9.17) is 4.74 Å². The highest BCUT2D eigenvalue weighted by atomic mass is 16.5. The van der Waals surface area contributed by atoms with Crippen molar-refractivity contribution in [1.29, 1.82) is 0 Å². The standard InChI is InChI=1S/C11H14O2/c1-6(12)13-10-5-9-7-2-3-8(4-7)11(9)10/h2-3,7-11H,4-5H2,1H3/t7-,8+,9-,10-,11+/m1/s1. The van der Waals surface area contributed by atoms with Crippen molar-refractivity contribution in [3.63, 3.8) is 0 Å². The second-order valence-corrected chi connectivity index (χ2v) is 4.57. The predicted molar refractivity (Wildman–Crippen MR) is 47.9 cm³/mol. The molecule has 5 atom stereocenters. The van der Waals surface area contributed by atoms with Gasteiger partial charge in [0, 0.05) is 12.8 Å². The van der Waals surface area contributed by atoms with Crippen molar-refractivity contribution in [2.75, 3.05) is 0 Å². The number of fused-ring (bicyclic) bond motifs is 5. The summed E-state index contributed by atoms with van der Waals surface area (Å²) in [6.45, 7) is 1.51. The first-order valence-corrected chi connectivity index (χ1v) is 5.11. The first-order chi connectivity index (χ1) is 6.25. The largest absolute Gasteiger partial charge is 0.462 e. The summed E-state index contributed by atoms with van der Waals surface area (Å²) in [5.74, 6) is 2.91. The number of carbonyl (C=O) groups excluding carboxylic acids is 1. The lowest BCUT2D eigenvalue weighted by atomic mass is 9.65. The van der Waals surface area contributed by atoms with Gasteiger partial charge < -0.3 is 4.74 Å². The second-order valence-electron chi connectivity index (χ2n) is 4.57. The number of rotatable bonds is 1.